The average molecular weight is 458 g/mol. The summed E-state index contributed by atoms with van der Waals surface area (Å²) in [7, 11) is 0. The molecular formula is C24H25Cl2N3O2. The molecule has 1 amide bonds. The maximum atomic E-state index is 12.6. The fourth-order valence-electron chi connectivity index (χ4n) is 3.88. The molecule has 0 spiro atoms. The van der Waals surface area contributed by atoms with E-state index in [1.165, 1.54) is 11.8 Å². The monoisotopic (exact) mass is 457 g/mol. The number of carbonyl (C=O) groups excluding carboxylic acids is 1. The molecule has 4 rings (SSSR count). The third kappa shape index (κ3) is 5.29. The van der Waals surface area contributed by atoms with E-state index >= 15 is 0 Å². The van der Waals surface area contributed by atoms with Gasteiger partial charge in [-0.2, -0.15) is 0 Å². The fraction of sp³-hybridized carbons (Fsp3) is 0.333. The molecular weight excluding hydrogens is 433 g/mol. The molecule has 1 aliphatic heterocycles. The summed E-state index contributed by atoms with van der Waals surface area (Å²) in [5.74, 6) is 0.463. The van der Waals surface area contributed by atoms with Crippen molar-refractivity contribution in [2.24, 2.45) is 0 Å². The number of benzene rings is 2. The molecule has 0 N–H and O–H groups in total. The van der Waals surface area contributed by atoms with E-state index in [9.17, 15) is 4.79 Å². The molecule has 7 heteroatoms. The molecule has 0 bridgehead atoms. The van der Waals surface area contributed by atoms with Crippen molar-refractivity contribution in [2.75, 3.05) is 13.1 Å². The normalized spacial score (nSPS) is 14.9. The van der Waals surface area contributed by atoms with Crippen molar-refractivity contribution < 1.29 is 9.21 Å². The molecule has 2 aromatic carbocycles. The topological polar surface area (TPSA) is 49.6 Å². The highest BCUT2D eigenvalue weighted by atomic mass is 35.5. The lowest BCUT2D eigenvalue weighted by Gasteiger charge is -2.28. The van der Waals surface area contributed by atoms with E-state index in [1.54, 1.807) is 0 Å². The minimum Gasteiger partial charge on any atom is -0.447 e. The summed E-state index contributed by atoms with van der Waals surface area (Å²) in [6.45, 7) is 4.81. The molecule has 1 saturated heterocycles. The first-order valence-corrected chi connectivity index (χ1v) is 11.2. The van der Waals surface area contributed by atoms with Crippen molar-refractivity contribution in [3.8, 4) is 0 Å². The molecule has 1 fully saturated rings. The van der Waals surface area contributed by atoms with E-state index in [4.69, 9.17) is 27.6 Å². The SMILES string of the molecule is C[C@@H](c1ccccc1)N(Cc1ccc(Cl)c(Cl)c1)Cc1nc(C(=O)N2CCCC2)co1. The molecule has 0 radical (unpaired) electrons. The first kappa shape index (κ1) is 21.9. The zero-order valence-electron chi connectivity index (χ0n) is 17.4. The van der Waals surface area contributed by atoms with Gasteiger partial charge in [-0.1, -0.05) is 59.6 Å². The molecule has 31 heavy (non-hydrogen) atoms. The molecule has 0 aliphatic carbocycles. The number of halogens is 2. The summed E-state index contributed by atoms with van der Waals surface area (Å²) < 4.78 is 5.69. The van der Waals surface area contributed by atoms with Crippen LogP contribution in [-0.2, 0) is 13.1 Å². The van der Waals surface area contributed by atoms with Crippen LogP contribution in [0.5, 0.6) is 0 Å². The molecule has 1 aromatic heterocycles. The number of rotatable bonds is 7. The van der Waals surface area contributed by atoms with Gasteiger partial charge >= 0.3 is 0 Å². The van der Waals surface area contributed by atoms with Crippen molar-refractivity contribution >= 4 is 29.1 Å². The van der Waals surface area contributed by atoms with Crippen LogP contribution in [-0.4, -0.2) is 33.8 Å². The van der Waals surface area contributed by atoms with Gasteiger partial charge in [0.25, 0.3) is 5.91 Å². The largest absolute Gasteiger partial charge is 0.447 e. The maximum Gasteiger partial charge on any atom is 0.275 e. The number of oxazole rings is 1. The van der Waals surface area contributed by atoms with Crippen molar-refractivity contribution in [1.29, 1.82) is 0 Å². The second-order valence-electron chi connectivity index (χ2n) is 7.87. The van der Waals surface area contributed by atoms with E-state index in [0.29, 0.717) is 34.7 Å². The first-order valence-electron chi connectivity index (χ1n) is 10.5. The highest BCUT2D eigenvalue weighted by Gasteiger charge is 2.24. The van der Waals surface area contributed by atoms with Crippen molar-refractivity contribution in [3.63, 3.8) is 0 Å². The van der Waals surface area contributed by atoms with Gasteiger partial charge in [-0.3, -0.25) is 9.69 Å². The number of amides is 1. The van der Waals surface area contributed by atoms with Gasteiger partial charge in [0.2, 0.25) is 5.89 Å². The summed E-state index contributed by atoms with van der Waals surface area (Å²) in [6, 6.07) is 16.0. The zero-order valence-corrected chi connectivity index (χ0v) is 18.9. The summed E-state index contributed by atoms with van der Waals surface area (Å²) in [4.78, 5) is 21.2. The molecule has 0 unspecified atom stereocenters. The van der Waals surface area contributed by atoms with Crippen LogP contribution in [0, 0.1) is 0 Å². The van der Waals surface area contributed by atoms with Gasteiger partial charge in [-0.15, -0.1) is 0 Å². The Morgan fingerprint density at radius 2 is 1.84 bits per heavy atom. The number of likely N-dealkylation sites (tertiary alicyclic amines) is 1. The van der Waals surface area contributed by atoms with Crippen LogP contribution in [0.1, 0.15) is 53.3 Å². The summed E-state index contributed by atoms with van der Waals surface area (Å²) in [6.07, 6.45) is 3.56. The van der Waals surface area contributed by atoms with Crippen LogP contribution in [0.25, 0.3) is 0 Å². The summed E-state index contributed by atoms with van der Waals surface area (Å²) >= 11 is 12.3. The van der Waals surface area contributed by atoms with Gasteiger partial charge < -0.3 is 9.32 Å². The molecule has 1 aliphatic rings. The molecule has 3 aromatic rings. The molecule has 5 nitrogen and oxygen atoms in total. The van der Waals surface area contributed by atoms with Crippen LogP contribution in [0.15, 0.2) is 59.2 Å². The number of nitrogens with zero attached hydrogens (tertiary/aromatic N) is 3. The smallest absolute Gasteiger partial charge is 0.275 e. The van der Waals surface area contributed by atoms with Gasteiger partial charge in [-0.05, 0) is 43.0 Å². The first-order chi connectivity index (χ1) is 15.0. The number of carbonyl (C=O) groups is 1. The quantitative estimate of drug-likeness (QED) is 0.437. The molecule has 2 heterocycles. The Morgan fingerprint density at radius 3 is 2.55 bits per heavy atom. The maximum absolute atomic E-state index is 12.6. The molecule has 0 saturated carbocycles. The van der Waals surface area contributed by atoms with Crippen molar-refractivity contribution in [3.05, 3.63) is 87.6 Å². The Bertz CT molecular complexity index is 1030. The lowest BCUT2D eigenvalue weighted by Crippen LogP contribution is -2.28. The van der Waals surface area contributed by atoms with Crippen LogP contribution in [0.4, 0.5) is 0 Å². The Balaban J connectivity index is 1.55. The van der Waals surface area contributed by atoms with Crippen molar-refractivity contribution in [1.82, 2.24) is 14.8 Å². The minimum atomic E-state index is -0.0559. The highest BCUT2D eigenvalue weighted by molar-refractivity contribution is 6.42. The summed E-state index contributed by atoms with van der Waals surface area (Å²) in [5.41, 5.74) is 2.60. The highest BCUT2D eigenvalue weighted by Crippen LogP contribution is 2.28. The third-order valence-electron chi connectivity index (χ3n) is 5.70. The number of hydrogen-bond donors (Lipinski definition) is 0. The van der Waals surface area contributed by atoms with E-state index in [-0.39, 0.29) is 11.9 Å². The Morgan fingerprint density at radius 1 is 1.10 bits per heavy atom. The Kier molecular flexibility index (Phi) is 6.96. The van der Waals surface area contributed by atoms with Gasteiger partial charge in [0.05, 0.1) is 16.6 Å². The van der Waals surface area contributed by atoms with Gasteiger partial charge in [-0.25, -0.2) is 4.98 Å². The van der Waals surface area contributed by atoms with E-state index in [1.807, 2.05) is 41.3 Å². The second kappa shape index (κ2) is 9.86. The lowest BCUT2D eigenvalue weighted by atomic mass is 10.1. The Hall–Kier alpha value is -2.34. The van der Waals surface area contributed by atoms with Crippen LogP contribution < -0.4 is 0 Å². The van der Waals surface area contributed by atoms with Gasteiger partial charge in [0, 0.05) is 25.7 Å². The summed E-state index contributed by atoms with van der Waals surface area (Å²) in [5, 5.41) is 1.06. The Labute approximate surface area is 192 Å². The fourth-order valence-corrected chi connectivity index (χ4v) is 4.20. The van der Waals surface area contributed by atoms with Gasteiger partial charge in [0.15, 0.2) is 5.69 Å². The number of hydrogen-bond acceptors (Lipinski definition) is 4. The second-order valence-corrected chi connectivity index (χ2v) is 8.68. The van der Waals surface area contributed by atoms with Crippen LogP contribution >= 0.6 is 23.2 Å². The lowest BCUT2D eigenvalue weighted by molar-refractivity contribution is 0.0787. The standard InChI is InChI=1S/C24H25Cl2N3O2/c1-17(19-7-3-2-4-8-19)29(14-18-9-10-20(25)21(26)13-18)15-23-27-22(16-31-23)24(30)28-11-5-6-12-28/h2-4,7-10,13,16-17H,5-6,11-12,14-15H2,1H3/t17-/m0/s1. The zero-order chi connectivity index (χ0) is 21.8. The van der Waals surface area contributed by atoms with Crippen molar-refractivity contribution in [2.45, 2.75) is 38.9 Å². The molecule has 1 atom stereocenters. The van der Waals surface area contributed by atoms with E-state index < -0.39 is 0 Å². The average Bonchev–Trinajstić information content (AvgIpc) is 3.48. The van der Waals surface area contributed by atoms with Gasteiger partial charge in [0.1, 0.15) is 6.26 Å². The predicted octanol–water partition coefficient (Wildman–Crippen LogP) is 5.98. The van der Waals surface area contributed by atoms with Crippen LogP contribution in [0.3, 0.4) is 0 Å². The third-order valence-corrected chi connectivity index (χ3v) is 6.44. The predicted molar refractivity (Wildman–Crippen MR) is 122 cm³/mol. The molecule has 162 valence electrons. The van der Waals surface area contributed by atoms with E-state index in [0.717, 1.165) is 31.5 Å². The van der Waals surface area contributed by atoms with E-state index in [2.05, 4.69) is 28.9 Å². The minimum absolute atomic E-state index is 0.0559. The van der Waals surface area contributed by atoms with Crippen LogP contribution in [0.2, 0.25) is 10.0 Å². The number of aromatic nitrogens is 1.